The highest BCUT2D eigenvalue weighted by molar-refractivity contribution is 5.68. The van der Waals surface area contributed by atoms with E-state index in [1.165, 1.54) is 24.8 Å². The lowest BCUT2D eigenvalue weighted by Gasteiger charge is -2.34. The highest BCUT2D eigenvalue weighted by atomic mass is 16.4. The molecule has 1 aliphatic rings. The molecule has 0 aliphatic carbocycles. The molecule has 1 unspecified atom stereocenters. The maximum absolute atomic E-state index is 11.1. The summed E-state index contributed by atoms with van der Waals surface area (Å²) in [6, 6.07) is 8.47. The van der Waals surface area contributed by atoms with Crippen molar-refractivity contribution in [3.63, 3.8) is 0 Å². The number of aliphatic carboxylic acids is 1. The Morgan fingerprint density at radius 1 is 1.21 bits per heavy atom. The lowest BCUT2D eigenvalue weighted by molar-refractivity contribution is -0.138. The van der Waals surface area contributed by atoms with Gasteiger partial charge in [0.1, 0.15) is 0 Å². The van der Waals surface area contributed by atoms with Gasteiger partial charge in [0.05, 0.1) is 6.42 Å². The number of carboxylic acid groups (broad SMARTS) is 1. The molecule has 104 valence electrons. The Bertz CT molecular complexity index is 407. The highest BCUT2D eigenvalue weighted by Gasteiger charge is 2.24. The van der Waals surface area contributed by atoms with E-state index in [-0.39, 0.29) is 12.5 Å². The summed E-state index contributed by atoms with van der Waals surface area (Å²) in [6.45, 7) is 4.18. The first kappa shape index (κ1) is 14.1. The van der Waals surface area contributed by atoms with E-state index in [1.807, 2.05) is 0 Å². The molecule has 1 atom stereocenters. The summed E-state index contributed by atoms with van der Waals surface area (Å²) in [6.07, 6.45) is 4.86. The third-order valence-electron chi connectivity index (χ3n) is 3.97. The number of hydrogen-bond donors (Lipinski definition) is 1. The molecule has 1 aliphatic heterocycles. The zero-order valence-electron chi connectivity index (χ0n) is 11.6. The topological polar surface area (TPSA) is 40.5 Å². The van der Waals surface area contributed by atoms with Crippen molar-refractivity contribution in [1.82, 2.24) is 4.90 Å². The Balaban J connectivity index is 2.17. The van der Waals surface area contributed by atoms with Crippen molar-refractivity contribution < 1.29 is 9.90 Å². The lowest BCUT2D eigenvalue weighted by atomic mass is 9.97. The molecule has 1 N–H and O–H groups in total. The fourth-order valence-electron chi connectivity index (χ4n) is 2.83. The first-order chi connectivity index (χ1) is 9.20. The van der Waals surface area contributed by atoms with Crippen LogP contribution in [0.25, 0.3) is 0 Å². The van der Waals surface area contributed by atoms with Gasteiger partial charge in [-0.15, -0.1) is 0 Å². The molecule has 1 heterocycles. The van der Waals surface area contributed by atoms with Crippen LogP contribution in [-0.4, -0.2) is 29.1 Å². The van der Waals surface area contributed by atoms with E-state index in [0.29, 0.717) is 0 Å². The van der Waals surface area contributed by atoms with Gasteiger partial charge < -0.3 is 5.11 Å². The maximum Gasteiger partial charge on any atom is 0.305 e. The lowest BCUT2D eigenvalue weighted by Crippen LogP contribution is -2.34. The van der Waals surface area contributed by atoms with E-state index in [2.05, 4.69) is 36.1 Å². The molecule has 0 spiro atoms. The number of likely N-dealkylation sites (tertiary alicyclic amines) is 1. The number of rotatable bonds is 5. The standard InChI is InChI=1S/C16H23NO2/c1-2-13-6-8-14(9-7-13)15(12-16(18)19)17-10-4-3-5-11-17/h6-9,15H,2-5,10-12H2,1H3,(H,18,19). The van der Waals surface area contributed by atoms with Gasteiger partial charge in [0.2, 0.25) is 0 Å². The first-order valence-electron chi connectivity index (χ1n) is 7.25. The van der Waals surface area contributed by atoms with Gasteiger partial charge in [-0.3, -0.25) is 9.69 Å². The molecule has 0 saturated carbocycles. The molecule has 1 fully saturated rings. The minimum Gasteiger partial charge on any atom is -0.481 e. The first-order valence-corrected chi connectivity index (χ1v) is 7.25. The van der Waals surface area contributed by atoms with Gasteiger partial charge in [0.15, 0.2) is 0 Å². The summed E-state index contributed by atoms with van der Waals surface area (Å²) in [5, 5.41) is 9.15. The Hall–Kier alpha value is -1.35. The van der Waals surface area contributed by atoms with E-state index in [4.69, 9.17) is 5.11 Å². The van der Waals surface area contributed by atoms with E-state index in [9.17, 15) is 4.79 Å². The van der Waals surface area contributed by atoms with E-state index >= 15 is 0 Å². The quantitative estimate of drug-likeness (QED) is 0.884. The Morgan fingerprint density at radius 3 is 2.37 bits per heavy atom. The van der Waals surface area contributed by atoms with Crippen LogP contribution in [0.4, 0.5) is 0 Å². The van der Waals surface area contributed by atoms with Gasteiger partial charge >= 0.3 is 5.97 Å². The van der Waals surface area contributed by atoms with Crippen LogP contribution in [-0.2, 0) is 11.2 Å². The molecule has 3 heteroatoms. The van der Waals surface area contributed by atoms with Crippen molar-refractivity contribution in [2.45, 2.75) is 45.1 Å². The molecule has 2 rings (SSSR count). The number of nitrogens with zero attached hydrogens (tertiary/aromatic N) is 1. The van der Waals surface area contributed by atoms with Gasteiger partial charge in [-0.2, -0.15) is 0 Å². The van der Waals surface area contributed by atoms with Crippen LogP contribution in [0.3, 0.4) is 0 Å². The second kappa shape index (κ2) is 6.71. The van der Waals surface area contributed by atoms with E-state index in [0.717, 1.165) is 25.1 Å². The normalized spacial score (nSPS) is 18.2. The second-order valence-electron chi connectivity index (χ2n) is 5.31. The maximum atomic E-state index is 11.1. The second-order valence-corrected chi connectivity index (χ2v) is 5.31. The van der Waals surface area contributed by atoms with Crippen LogP contribution < -0.4 is 0 Å². The Labute approximate surface area is 115 Å². The average Bonchev–Trinajstić information content (AvgIpc) is 2.46. The van der Waals surface area contributed by atoms with Gasteiger partial charge in [0.25, 0.3) is 0 Å². The predicted molar refractivity (Wildman–Crippen MR) is 76.2 cm³/mol. The van der Waals surface area contributed by atoms with Crippen molar-refractivity contribution in [1.29, 1.82) is 0 Å². The number of hydrogen-bond acceptors (Lipinski definition) is 2. The summed E-state index contributed by atoms with van der Waals surface area (Å²) in [5.41, 5.74) is 2.44. The van der Waals surface area contributed by atoms with Gasteiger partial charge in [-0.25, -0.2) is 0 Å². The van der Waals surface area contributed by atoms with Crippen LogP contribution in [0, 0.1) is 0 Å². The Morgan fingerprint density at radius 2 is 1.84 bits per heavy atom. The number of carboxylic acids is 1. The van der Waals surface area contributed by atoms with Crippen molar-refractivity contribution in [3.8, 4) is 0 Å². The molecule has 1 aromatic carbocycles. The summed E-state index contributed by atoms with van der Waals surface area (Å²) in [7, 11) is 0. The number of aryl methyl sites for hydroxylation is 1. The highest BCUT2D eigenvalue weighted by Crippen LogP contribution is 2.27. The van der Waals surface area contributed by atoms with Gasteiger partial charge in [-0.1, -0.05) is 37.6 Å². The third kappa shape index (κ3) is 3.80. The minimum absolute atomic E-state index is 0.0312. The fraction of sp³-hybridized carbons (Fsp3) is 0.562. The fourth-order valence-corrected chi connectivity index (χ4v) is 2.83. The molecule has 0 radical (unpaired) electrons. The molecule has 19 heavy (non-hydrogen) atoms. The Kier molecular flexibility index (Phi) is 4.97. The van der Waals surface area contributed by atoms with Crippen LogP contribution >= 0.6 is 0 Å². The predicted octanol–water partition coefficient (Wildman–Crippen LogP) is 3.25. The molecule has 0 amide bonds. The van der Waals surface area contributed by atoms with Crippen LogP contribution in [0.15, 0.2) is 24.3 Å². The summed E-state index contributed by atoms with van der Waals surface area (Å²) >= 11 is 0. The number of benzene rings is 1. The largest absolute Gasteiger partial charge is 0.481 e. The van der Waals surface area contributed by atoms with Gasteiger partial charge in [0, 0.05) is 6.04 Å². The van der Waals surface area contributed by atoms with Crippen LogP contribution in [0.5, 0.6) is 0 Å². The SMILES string of the molecule is CCc1ccc(C(CC(=O)O)N2CCCCC2)cc1. The average molecular weight is 261 g/mol. The van der Waals surface area contributed by atoms with E-state index < -0.39 is 5.97 Å². The molecule has 3 nitrogen and oxygen atoms in total. The smallest absolute Gasteiger partial charge is 0.305 e. The molecule has 0 aromatic heterocycles. The summed E-state index contributed by atoms with van der Waals surface area (Å²) in [5.74, 6) is -0.713. The molecule has 0 bridgehead atoms. The van der Waals surface area contributed by atoms with Crippen molar-refractivity contribution in [2.24, 2.45) is 0 Å². The molecule has 1 saturated heterocycles. The van der Waals surface area contributed by atoms with Crippen LogP contribution in [0.1, 0.15) is 49.8 Å². The van der Waals surface area contributed by atoms with Crippen molar-refractivity contribution in [2.75, 3.05) is 13.1 Å². The molecule has 1 aromatic rings. The molecular formula is C16H23NO2. The number of carbonyl (C=O) groups is 1. The van der Waals surface area contributed by atoms with Gasteiger partial charge in [-0.05, 0) is 43.5 Å². The summed E-state index contributed by atoms with van der Waals surface area (Å²) in [4.78, 5) is 13.5. The van der Waals surface area contributed by atoms with Crippen molar-refractivity contribution >= 4 is 5.97 Å². The monoisotopic (exact) mass is 261 g/mol. The van der Waals surface area contributed by atoms with Crippen LogP contribution in [0.2, 0.25) is 0 Å². The summed E-state index contributed by atoms with van der Waals surface area (Å²) < 4.78 is 0. The third-order valence-corrected chi connectivity index (χ3v) is 3.97. The van der Waals surface area contributed by atoms with Crippen molar-refractivity contribution in [3.05, 3.63) is 35.4 Å². The molecular weight excluding hydrogens is 238 g/mol. The zero-order valence-corrected chi connectivity index (χ0v) is 11.6. The van der Waals surface area contributed by atoms with E-state index in [1.54, 1.807) is 0 Å². The minimum atomic E-state index is -0.713. The zero-order chi connectivity index (χ0) is 13.7. The number of piperidine rings is 1.